The Labute approximate surface area is 157 Å². The second-order valence-electron chi connectivity index (χ2n) is 6.02. The molecule has 0 bridgehead atoms. The lowest BCUT2D eigenvalue weighted by atomic mass is 10.2. The van der Waals surface area contributed by atoms with Crippen molar-refractivity contribution in [3.8, 4) is 23.0 Å². The fraction of sp³-hybridized carbons (Fsp3) is 0.263. The van der Waals surface area contributed by atoms with Crippen molar-refractivity contribution in [3.05, 3.63) is 58.9 Å². The van der Waals surface area contributed by atoms with E-state index in [-0.39, 0.29) is 0 Å². The Kier molecular flexibility index (Phi) is 5.70. The number of aromatic nitrogens is 2. The molecule has 7 heteroatoms. The van der Waals surface area contributed by atoms with Crippen molar-refractivity contribution in [3.63, 3.8) is 0 Å². The number of rotatable bonds is 7. The van der Waals surface area contributed by atoms with Crippen LogP contribution in [0.2, 0.25) is 0 Å². The number of hydrogen-bond donors (Lipinski definition) is 1. The molecule has 2 aromatic carbocycles. The molecule has 0 aliphatic carbocycles. The van der Waals surface area contributed by atoms with Crippen LogP contribution >= 0.6 is 12.2 Å². The molecule has 1 atom stereocenters. The van der Waals surface area contributed by atoms with Crippen molar-refractivity contribution in [2.45, 2.75) is 13.2 Å². The zero-order valence-electron chi connectivity index (χ0n) is 15.1. The Morgan fingerprint density at radius 3 is 2.50 bits per heavy atom. The summed E-state index contributed by atoms with van der Waals surface area (Å²) >= 11 is 5.33. The smallest absolute Gasteiger partial charge is 0.292 e. The summed E-state index contributed by atoms with van der Waals surface area (Å²) in [6.07, 6.45) is 0. The number of nitrogens with one attached hydrogen (secondary N) is 1. The van der Waals surface area contributed by atoms with Gasteiger partial charge in [-0.3, -0.25) is 0 Å². The molecular weight excluding hydrogens is 350 g/mol. The number of quaternary nitrogens is 1. The molecule has 0 aliphatic heterocycles. The largest absolute Gasteiger partial charge is 0.493 e. The molecule has 0 saturated carbocycles. The molecular formula is C19H22N3O3S+. The molecule has 0 spiro atoms. The number of benzene rings is 2. The summed E-state index contributed by atoms with van der Waals surface area (Å²) in [5.74, 6) is 1.73. The van der Waals surface area contributed by atoms with E-state index in [1.807, 2.05) is 36.4 Å². The number of ether oxygens (including phenoxy) is 2. The van der Waals surface area contributed by atoms with E-state index >= 15 is 0 Å². The zero-order valence-corrected chi connectivity index (χ0v) is 15.9. The van der Waals surface area contributed by atoms with Crippen molar-refractivity contribution in [2.75, 3.05) is 21.3 Å². The summed E-state index contributed by atoms with van der Waals surface area (Å²) in [7, 11) is 5.29. The van der Waals surface area contributed by atoms with E-state index < -0.39 is 0 Å². The number of methoxy groups -OCH3 is 2. The third kappa shape index (κ3) is 4.12. The van der Waals surface area contributed by atoms with Crippen LogP contribution in [-0.4, -0.2) is 31.0 Å². The van der Waals surface area contributed by atoms with E-state index in [4.69, 9.17) is 26.1 Å². The summed E-state index contributed by atoms with van der Waals surface area (Å²) in [5, 5.41) is 4.52. The maximum atomic E-state index is 5.68. The topological polar surface area (TPSA) is 53.9 Å². The van der Waals surface area contributed by atoms with Crippen LogP contribution in [0, 0.1) is 4.84 Å². The van der Waals surface area contributed by atoms with Crippen LogP contribution in [0.5, 0.6) is 11.5 Å². The minimum absolute atomic E-state index is 0.349. The Bertz CT molecular complexity index is 921. The van der Waals surface area contributed by atoms with Gasteiger partial charge in [0.25, 0.3) is 4.84 Å². The van der Waals surface area contributed by atoms with E-state index in [9.17, 15) is 0 Å². The van der Waals surface area contributed by atoms with Gasteiger partial charge >= 0.3 is 0 Å². The Morgan fingerprint density at radius 2 is 1.81 bits per heavy atom. The van der Waals surface area contributed by atoms with Crippen molar-refractivity contribution in [2.24, 2.45) is 0 Å². The molecule has 0 radical (unpaired) electrons. The van der Waals surface area contributed by atoms with Gasteiger partial charge in [-0.15, -0.1) is 5.10 Å². The molecule has 0 aliphatic rings. The van der Waals surface area contributed by atoms with Gasteiger partial charge in [0.15, 0.2) is 18.2 Å². The summed E-state index contributed by atoms with van der Waals surface area (Å²) < 4.78 is 18.0. The van der Waals surface area contributed by atoms with Gasteiger partial charge in [-0.25, -0.2) is 0 Å². The highest BCUT2D eigenvalue weighted by Gasteiger charge is 2.14. The highest BCUT2D eigenvalue weighted by molar-refractivity contribution is 7.71. The second-order valence-corrected chi connectivity index (χ2v) is 6.37. The third-order valence-corrected chi connectivity index (χ3v) is 4.30. The van der Waals surface area contributed by atoms with Gasteiger partial charge in [-0.2, -0.15) is 4.68 Å². The first-order valence-electron chi connectivity index (χ1n) is 8.26. The first-order chi connectivity index (χ1) is 12.6. The van der Waals surface area contributed by atoms with Crippen molar-refractivity contribution in [1.82, 2.24) is 9.78 Å². The lowest BCUT2D eigenvalue weighted by Gasteiger charge is -2.13. The fourth-order valence-corrected chi connectivity index (χ4v) is 2.93. The van der Waals surface area contributed by atoms with Gasteiger partial charge in [0.05, 0.1) is 21.3 Å². The molecule has 0 amide bonds. The van der Waals surface area contributed by atoms with Crippen molar-refractivity contribution in [1.29, 1.82) is 0 Å². The van der Waals surface area contributed by atoms with Gasteiger partial charge in [0.2, 0.25) is 5.89 Å². The van der Waals surface area contributed by atoms with Crippen molar-refractivity contribution >= 4 is 12.2 Å². The predicted molar refractivity (Wildman–Crippen MR) is 101 cm³/mol. The third-order valence-electron chi connectivity index (χ3n) is 4.01. The van der Waals surface area contributed by atoms with E-state index in [0.717, 1.165) is 12.1 Å². The normalized spacial score (nSPS) is 12.0. The van der Waals surface area contributed by atoms with Crippen LogP contribution in [0.3, 0.4) is 0 Å². The highest BCUT2D eigenvalue weighted by Crippen LogP contribution is 2.31. The minimum atomic E-state index is 0.349. The molecule has 6 nitrogen and oxygen atoms in total. The van der Waals surface area contributed by atoms with Crippen LogP contribution < -0.4 is 14.4 Å². The monoisotopic (exact) mass is 372 g/mol. The first-order valence-corrected chi connectivity index (χ1v) is 8.67. The molecule has 1 unspecified atom stereocenters. The summed E-state index contributed by atoms with van der Waals surface area (Å²) in [6, 6.07) is 15.8. The first kappa shape index (κ1) is 18.2. The minimum Gasteiger partial charge on any atom is -0.493 e. The summed E-state index contributed by atoms with van der Waals surface area (Å²) in [5.41, 5.74) is 2.05. The molecule has 1 aromatic heterocycles. The van der Waals surface area contributed by atoms with Gasteiger partial charge in [-0.1, -0.05) is 30.3 Å². The van der Waals surface area contributed by atoms with Gasteiger partial charge < -0.3 is 18.8 Å². The average Bonchev–Trinajstić information content (AvgIpc) is 3.02. The zero-order chi connectivity index (χ0) is 18.5. The van der Waals surface area contributed by atoms with Gasteiger partial charge in [0, 0.05) is 11.1 Å². The van der Waals surface area contributed by atoms with E-state index in [1.54, 1.807) is 18.9 Å². The molecule has 3 aromatic rings. The molecule has 0 fully saturated rings. The number of hydrogen-bond acceptors (Lipinski definition) is 5. The van der Waals surface area contributed by atoms with E-state index in [0.29, 0.717) is 28.9 Å². The van der Waals surface area contributed by atoms with Gasteiger partial charge in [-0.05, 0) is 30.4 Å². The Hall–Kier alpha value is -2.64. The van der Waals surface area contributed by atoms with E-state index in [1.165, 1.54) is 10.5 Å². The Morgan fingerprint density at radius 1 is 1.08 bits per heavy atom. The van der Waals surface area contributed by atoms with Crippen molar-refractivity contribution < 1.29 is 18.8 Å². The van der Waals surface area contributed by atoms with Crippen LogP contribution in [-0.2, 0) is 13.2 Å². The highest BCUT2D eigenvalue weighted by atomic mass is 32.1. The van der Waals surface area contributed by atoms with Gasteiger partial charge in [0.1, 0.15) is 6.54 Å². The molecule has 26 heavy (non-hydrogen) atoms. The Balaban J connectivity index is 1.78. The van der Waals surface area contributed by atoms with E-state index in [2.05, 4.69) is 24.3 Å². The van der Waals surface area contributed by atoms with Crippen LogP contribution in [0.4, 0.5) is 0 Å². The van der Waals surface area contributed by atoms with Crippen LogP contribution in [0.25, 0.3) is 11.5 Å². The SMILES string of the molecule is COc1ccc(-c2nn(C[NH+](C)Cc3ccccc3)c(=S)o2)cc1OC. The standard InChI is InChI=1S/C19H21N3O3S/c1-21(12-14-7-5-4-6-8-14)13-22-19(26)25-18(20-22)15-9-10-16(23-2)17(11-15)24-3/h4-11H,12-13H2,1-3H3/p+1. The predicted octanol–water partition coefficient (Wildman–Crippen LogP) is 2.56. The molecule has 1 N–H and O–H groups in total. The van der Waals surface area contributed by atoms with Crippen LogP contribution in [0.1, 0.15) is 5.56 Å². The molecule has 1 heterocycles. The maximum Gasteiger partial charge on any atom is 0.292 e. The summed E-state index contributed by atoms with van der Waals surface area (Å²) in [6.45, 7) is 1.49. The molecule has 3 rings (SSSR count). The summed E-state index contributed by atoms with van der Waals surface area (Å²) in [4.78, 5) is 1.60. The molecule has 136 valence electrons. The maximum absolute atomic E-state index is 5.68. The second kappa shape index (κ2) is 8.16. The fourth-order valence-electron chi connectivity index (χ4n) is 2.75. The number of nitrogens with zero attached hydrogens (tertiary/aromatic N) is 2. The lowest BCUT2D eigenvalue weighted by molar-refractivity contribution is -0.917. The van der Waals surface area contributed by atoms with Crippen LogP contribution in [0.15, 0.2) is 52.9 Å². The lowest BCUT2D eigenvalue weighted by Crippen LogP contribution is -3.07. The molecule has 0 saturated heterocycles. The quantitative estimate of drug-likeness (QED) is 0.646. The average molecular weight is 372 g/mol.